The van der Waals surface area contributed by atoms with Crippen LogP contribution in [0.1, 0.15) is 17.3 Å². The Kier molecular flexibility index (Phi) is 2.56. The quantitative estimate of drug-likeness (QED) is 0.770. The highest BCUT2D eigenvalue weighted by molar-refractivity contribution is 5.05. The molecule has 14 heavy (non-hydrogen) atoms. The van der Waals surface area contributed by atoms with E-state index in [0.29, 0.717) is 6.04 Å². The Morgan fingerprint density at radius 1 is 1.50 bits per heavy atom. The van der Waals surface area contributed by atoms with Crippen LogP contribution >= 0.6 is 0 Å². The molecule has 1 fully saturated rings. The first-order valence-electron chi connectivity index (χ1n) is 5.00. The molecule has 1 aromatic rings. The molecule has 1 N–H and O–H groups in total. The van der Waals surface area contributed by atoms with E-state index in [1.165, 1.54) is 0 Å². The number of hydrogen-bond donors (Lipinski definition) is 1. The van der Waals surface area contributed by atoms with Gasteiger partial charge < -0.3 is 9.73 Å². The van der Waals surface area contributed by atoms with E-state index in [1.807, 2.05) is 13.8 Å². The first-order chi connectivity index (χ1) is 6.66. The number of likely N-dealkylation sites (N-methyl/N-ethyl adjacent to an activating group) is 1. The van der Waals surface area contributed by atoms with Crippen LogP contribution in [-0.4, -0.2) is 36.1 Å². The van der Waals surface area contributed by atoms with E-state index in [2.05, 4.69) is 22.2 Å². The molecule has 4 nitrogen and oxygen atoms in total. The average molecular weight is 195 g/mol. The van der Waals surface area contributed by atoms with Gasteiger partial charge in [0.2, 0.25) is 5.89 Å². The molecule has 0 atom stereocenters. The third-order valence-electron chi connectivity index (χ3n) is 2.84. The second-order valence-corrected chi connectivity index (χ2v) is 3.98. The van der Waals surface area contributed by atoms with Crippen molar-refractivity contribution >= 4 is 0 Å². The number of hydrogen-bond acceptors (Lipinski definition) is 4. The van der Waals surface area contributed by atoms with Crippen LogP contribution in [0.5, 0.6) is 0 Å². The molecular formula is C10H17N3O. The molecule has 1 saturated heterocycles. The predicted molar refractivity (Wildman–Crippen MR) is 54.1 cm³/mol. The fraction of sp³-hybridized carbons (Fsp3) is 0.700. The summed E-state index contributed by atoms with van der Waals surface area (Å²) in [7, 11) is 2.11. The van der Waals surface area contributed by atoms with Gasteiger partial charge in [0.05, 0.1) is 12.2 Å². The van der Waals surface area contributed by atoms with Gasteiger partial charge in [-0.05, 0) is 20.9 Å². The summed E-state index contributed by atoms with van der Waals surface area (Å²) in [6.07, 6.45) is 0. The van der Waals surface area contributed by atoms with Crippen LogP contribution in [0.4, 0.5) is 0 Å². The maximum absolute atomic E-state index is 5.53. The Hall–Kier alpha value is -0.870. The van der Waals surface area contributed by atoms with Crippen molar-refractivity contribution in [1.29, 1.82) is 0 Å². The lowest BCUT2D eigenvalue weighted by molar-refractivity contribution is 0.159. The van der Waals surface area contributed by atoms with E-state index in [-0.39, 0.29) is 0 Å². The zero-order valence-corrected chi connectivity index (χ0v) is 9.00. The minimum atomic E-state index is 0.641. The van der Waals surface area contributed by atoms with Gasteiger partial charge in [-0.15, -0.1) is 0 Å². The highest BCUT2D eigenvalue weighted by atomic mass is 16.4. The number of oxazole rings is 1. The van der Waals surface area contributed by atoms with Crippen LogP contribution < -0.4 is 5.32 Å². The second kappa shape index (κ2) is 3.71. The number of rotatable bonds is 3. The Morgan fingerprint density at radius 2 is 2.21 bits per heavy atom. The summed E-state index contributed by atoms with van der Waals surface area (Å²) in [5.74, 6) is 1.76. The maximum atomic E-state index is 5.53. The van der Waals surface area contributed by atoms with Gasteiger partial charge in [-0.3, -0.25) is 4.90 Å². The lowest BCUT2D eigenvalue weighted by Gasteiger charge is -2.34. The van der Waals surface area contributed by atoms with E-state index in [0.717, 1.165) is 37.0 Å². The van der Waals surface area contributed by atoms with Crippen LogP contribution in [-0.2, 0) is 6.54 Å². The second-order valence-electron chi connectivity index (χ2n) is 3.98. The van der Waals surface area contributed by atoms with Gasteiger partial charge in [-0.25, -0.2) is 4.98 Å². The molecule has 2 heterocycles. The average Bonchev–Trinajstić information content (AvgIpc) is 2.26. The van der Waals surface area contributed by atoms with Crippen LogP contribution in [0.15, 0.2) is 4.42 Å². The Balaban J connectivity index is 1.95. The normalized spacial score (nSPS) is 17.4. The highest BCUT2D eigenvalue weighted by Crippen LogP contribution is 2.12. The monoisotopic (exact) mass is 195 g/mol. The predicted octanol–water partition coefficient (Wildman–Crippen LogP) is 0.695. The molecule has 0 amide bonds. The third-order valence-corrected chi connectivity index (χ3v) is 2.84. The fourth-order valence-electron chi connectivity index (χ4n) is 1.53. The summed E-state index contributed by atoms with van der Waals surface area (Å²) >= 11 is 0. The molecule has 4 heteroatoms. The van der Waals surface area contributed by atoms with Crippen molar-refractivity contribution in [1.82, 2.24) is 15.2 Å². The van der Waals surface area contributed by atoms with E-state index in [1.54, 1.807) is 0 Å². The molecule has 0 aromatic carbocycles. The molecule has 1 aliphatic rings. The molecule has 2 rings (SSSR count). The number of aromatic nitrogens is 1. The largest absolute Gasteiger partial charge is 0.444 e. The molecule has 0 spiro atoms. The van der Waals surface area contributed by atoms with Gasteiger partial charge >= 0.3 is 0 Å². The maximum Gasteiger partial charge on any atom is 0.208 e. The van der Waals surface area contributed by atoms with Crippen molar-refractivity contribution in [2.24, 2.45) is 0 Å². The van der Waals surface area contributed by atoms with Gasteiger partial charge in [-0.1, -0.05) is 0 Å². The molecule has 0 saturated carbocycles. The minimum absolute atomic E-state index is 0.641. The summed E-state index contributed by atoms with van der Waals surface area (Å²) in [4.78, 5) is 6.64. The van der Waals surface area contributed by atoms with Crippen LogP contribution in [0.2, 0.25) is 0 Å². The molecule has 78 valence electrons. The molecule has 0 unspecified atom stereocenters. The molecule has 0 radical (unpaired) electrons. The molecule has 0 bridgehead atoms. The SMILES string of the molecule is Cc1nc(CN(C)C2CNC2)oc1C. The van der Waals surface area contributed by atoms with Gasteiger partial charge in [-0.2, -0.15) is 0 Å². The Labute approximate surface area is 84.3 Å². The summed E-state index contributed by atoms with van der Waals surface area (Å²) in [5.41, 5.74) is 1.00. The van der Waals surface area contributed by atoms with Gasteiger partial charge in [0.15, 0.2) is 0 Å². The van der Waals surface area contributed by atoms with Gasteiger partial charge in [0, 0.05) is 19.1 Å². The summed E-state index contributed by atoms with van der Waals surface area (Å²) in [6.45, 7) is 6.90. The van der Waals surface area contributed by atoms with E-state index < -0.39 is 0 Å². The molecule has 1 aliphatic heterocycles. The van der Waals surface area contributed by atoms with E-state index in [9.17, 15) is 0 Å². The van der Waals surface area contributed by atoms with Crippen molar-refractivity contribution in [2.45, 2.75) is 26.4 Å². The Morgan fingerprint density at radius 3 is 2.64 bits per heavy atom. The number of nitrogens with one attached hydrogen (secondary N) is 1. The zero-order chi connectivity index (χ0) is 10.1. The summed E-state index contributed by atoms with van der Waals surface area (Å²) < 4.78 is 5.53. The fourth-order valence-corrected chi connectivity index (χ4v) is 1.53. The topological polar surface area (TPSA) is 41.3 Å². The molecule has 0 aliphatic carbocycles. The van der Waals surface area contributed by atoms with Crippen molar-refractivity contribution in [3.63, 3.8) is 0 Å². The van der Waals surface area contributed by atoms with Crippen LogP contribution in [0, 0.1) is 13.8 Å². The molecule has 1 aromatic heterocycles. The van der Waals surface area contributed by atoms with Crippen molar-refractivity contribution in [3.8, 4) is 0 Å². The Bertz CT molecular complexity index is 298. The zero-order valence-electron chi connectivity index (χ0n) is 9.00. The molecular weight excluding hydrogens is 178 g/mol. The van der Waals surface area contributed by atoms with Crippen molar-refractivity contribution < 1.29 is 4.42 Å². The first-order valence-corrected chi connectivity index (χ1v) is 5.00. The van der Waals surface area contributed by atoms with Crippen molar-refractivity contribution in [3.05, 3.63) is 17.3 Å². The number of nitrogens with zero attached hydrogens (tertiary/aromatic N) is 2. The first kappa shape index (κ1) is 9.68. The standard InChI is InChI=1S/C10H17N3O/c1-7-8(2)14-10(12-7)6-13(3)9-4-11-5-9/h9,11H,4-6H2,1-3H3. The van der Waals surface area contributed by atoms with Gasteiger partial charge in [0.1, 0.15) is 5.76 Å². The van der Waals surface area contributed by atoms with E-state index >= 15 is 0 Å². The van der Waals surface area contributed by atoms with Gasteiger partial charge in [0.25, 0.3) is 0 Å². The lowest BCUT2D eigenvalue weighted by atomic mass is 10.1. The lowest BCUT2D eigenvalue weighted by Crippen LogP contribution is -2.55. The van der Waals surface area contributed by atoms with E-state index in [4.69, 9.17) is 4.42 Å². The minimum Gasteiger partial charge on any atom is -0.444 e. The van der Waals surface area contributed by atoms with Crippen LogP contribution in [0.25, 0.3) is 0 Å². The third kappa shape index (κ3) is 1.81. The number of aryl methyl sites for hydroxylation is 2. The highest BCUT2D eigenvalue weighted by Gasteiger charge is 2.22. The smallest absolute Gasteiger partial charge is 0.208 e. The van der Waals surface area contributed by atoms with Crippen molar-refractivity contribution in [2.75, 3.05) is 20.1 Å². The summed E-state index contributed by atoms with van der Waals surface area (Å²) in [5, 5.41) is 3.25. The van der Waals surface area contributed by atoms with Crippen LogP contribution in [0.3, 0.4) is 0 Å². The summed E-state index contributed by atoms with van der Waals surface area (Å²) in [6, 6.07) is 0.641.